The summed E-state index contributed by atoms with van der Waals surface area (Å²) >= 11 is 1.57. The second kappa shape index (κ2) is 10.8. The summed E-state index contributed by atoms with van der Waals surface area (Å²) in [5, 5.41) is 3.76. The summed E-state index contributed by atoms with van der Waals surface area (Å²) in [6, 6.07) is 6.93. The van der Waals surface area contributed by atoms with Gasteiger partial charge in [0.15, 0.2) is 5.13 Å². The van der Waals surface area contributed by atoms with Crippen LogP contribution in [0.5, 0.6) is 0 Å². The Balaban J connectivity index is 1.55. The van der Waals surface area contributed by atoms with E-state index in [1.54, 1.807) is 23.5 Å². The molecule has 1 atom stereocenters. The number of hydrogen-bond acceptors (Lipinski definition) is 6. The smallest absolute Gasteiger partial charge is 0.243 e. The fourth-order valence-corrected chi connectivity index (χ4v) is 7.68. The number of nitrogens with one attached hydrogen (secondary N) is 1. The predicted molar refractivity (Wildman–Crippen MR) is 137 cm³/mol. The van der Waals surface area contributed by atoms with E-state index in [0.717, 1.165) is 50.0 Å². The first-order chi connectivity index (χ1) is 16.3. The van der Waals surface area contributed by atoms with Gasteiger partial charge in [0, 0.05) is 37.5 Å². The molecule has 0 unspecified atom stereocenters. The summed E-state index contributed by atoms with van der Waals surface area (Å²) in [6.45, 7) is 6.40. The van der Waals surface area contributed by atoms with E-state index in [1.807, 2.05) is 26.0 Å². The minimum absolute atomic E-state index is 0.0503. The number of sulfonamides is 1. The molecule has 7 nitrogen and oxygen atoms in total. The molecule has 0 radical (unpaired) electrons. The fraction of sp³-hybridized carbons (Fsp3) is 0.600. The van der Waals surface area contributed by atoms with Crippen LogP contribution in [0.2, 0.25) is 0 Å². The molecular weight excluding hydrogens is 468 g/mol. The molecule has 2 aliphatic rings. The maximum atomic E-state index is 13.5. The van der Waals surface area contributed by atoms with Gasteiger partial charge in [-0.2, -0.15) is 4.31 Å². The Kier molecular flexibility index (Phi) is 8.07. The lowest BCUT2D eigenvalue weighted by Gasteiger charge is -2.21. The highest BCUT2D eigenvalue weighted by atomic mass is 32.2. The monoisotopic (exact) mass is 504 g/mol. The van der Waals surface area contributed by atoms with Crippen molar-refractivity contribution in [2.45, 2.75) is 69.7 Å². The minimum Gasteiger partial charge on any atom is -0.301 e. The Morgan fingerprint density at radius 3 is 2.53 bits per heavy atom. The van der Waals surface area contributed by atoms with Gasteiger partial charge in [0.1, 0.15) is 0 Å². The van der Waals surface area contributed by atoms with Crippen molar-refractivity contribution < 1.29 is 13.2 Å². The van der Waals surface area contributed by atoms with Gasteiger partial charge in [0.25, 0.3) is 0 Å². The zero-order chi connectivity index (χ0) is 24.3. The van der Waals surface area contributed by atoms with Crippen LogP contribution in [0.3, 0.4) is 0 Å². The van der Waals surface area contributed by atoms with Gasteiger partial charge in [-0.05, 0) is 37.1 Å². The number of nitrogens with zero attached hydrogens (tertiary/aromatic N) is 3. The number of fused-ring (bicyclic) bond motifs is 1. The van der Waals surface area contributed by atoms with E-state index in [4.69, 9.17) is 4.98 Å². The first-order valence-corrected chi connectivity index (χ1v) is 14.7. The number of likely N-dealkylation sites (N-methyl/N-ethyl adjacent to an activating group) is 1. The molecule has 186 valence electrons. The van der Waals surface area contributed by atoms with Crippen LogP contribution in [0.15, 0.2) is 29.2 Å². The molecule has 2 heterocycles. The molecule has 1 aliphatic carbocycles. The molecule has 1 aromatic carbocycles. The van der Waals surface area contributed by atoms with Gasteiger partial charge in [0.2, 0.25) is 15.9 Å². The van der Waals surface area contributed by atoms with Crippen LogP contribution in [0.25, 0.3) is 0 Å². The number of aromatic nitrogens is 1. The fourth-order valence-electron chi connectivity index (χ4n) is 5.13. The third kappa shape index (κ3) is 5.53. The van der Waals surface area contributed by atoms with Gasteiger partial charge in [-0.1, -0.05) is 51.7 Å². The van der Waals surface area contributed by atoms with E-state index in [0.29, 0.717) is 24.1 Å². The van der Waals surface area contributed by atoms with Crippen molar-refractivity contribution in [2.75, 3.05) is 32.0 Å². The van der Waals surface area contributed by atoms with E-state index in [1.165, 1.54) is 22.0 Å². The Morgan fingerprint density at radius 2 is 1.88 bits per heavy atom. The zero-order valence-electron chi connectivity index (χ0n) is 20.4. The summed E-state index contributed by atoms with van der Waals surface area (Å²) in [7, 11) is -1.42. The quantitative estimate of drug-likeness (QED) is 0.545. The topological polar surface area (TPSA) is 82.6 Å². The van der Waals surface area contributed by atoms with Crippen molar-refractivity contribution in [3.05, 3.63) is 40.4 Å². The summed E-state index contributed by atoms with van der Waals surface area (Å²) in [5.41, 5.74) is 1.96. The Labute approximate surface area is 207 Å². The molecule has 1 aromatic heterocycles. The first-order valence-electron chi connectivity index (χ1n) is 12.4. The Morgan fingerprint density at radius 1 is 1.21 bits per heavy atom. The molecule has 9 heteroatoms. The van der Waals surface area contributed by atoms with Gasteiger partial charge in [-0.25, -0.2) is 13.4 Å². The molecule has 0 spiro atoms. The van der Waals surface area contributed by atoms with Crippen molar-refractivity contribution in [1.29, 1.82) is 0 Å². The van der Waals surface area contributed by atoms with Gasteiger partial charge >= 0.3 is 0 Å². The van der Waals surface area contributed by atoms with Crippen LogP contribution in [0.4, 0.5) is 5.13 Å². The Bertz CT molecular complexity index is 1090. The van der Waals surface area contributed by atoms with Crippen molar-refractivity contribution in [3.8, 4) is 0 Å². The molecule has 1 N–H and O–H groups in total. The molecule has 2 aromatic rings. The van der Waals surface area contributed by atoms with Crippen molar-refractivity contribution >= 4 is 32.4 Å². The summed E-state index contributed by atoms with van der Waals surface area (Å²) in [5.74, 6) is 0.149. The number of benzene rings is 1. The van der Waals surface area contributed by atoms with E-state index in [-0.39, 0.29) is 16.7 Å². The molecule has 1 amide bonds. The highest BCUT2D eigenvalue weighted by Crippen LogP contribution is 2.36. The molecule has 0 saturated heterocycles. The van der Waals surface area contributed by atoms with E-state index in [9.17, 15) is 13.2 Å². The number of hydrogen-bond donors (Lipinski definition) is 1. The van der Waals surface area contributed by atoms with Gasteiger partial charge in [-0.15, -0.1) is 11.3 Å². The lowest BCUT2D eigenvalue weighted by Crippen LogP contribution is -2.30. The number of rotatable bonds is 9. The SMILES string of the molecule is CCN(CC)S(=O)(=O)c1ccc([C@@H](CC2CCCC2)C(=O)Nc2nc3c(s2)CN(C)CC3)cc1. The van der Waals surface area contributed by atoms with Gasteiger partial charge in [-0.3, -0.25) is 4.79 Å². The van der Waals surface area contributed by atoms with E-state index < -0.39 is 10.0 Å². The van der Waals surface area contributed by atoms with Crippen molar-refractivity contribution in [3.63, 3.8) is 0 Å². The number of carbonyl (C=O) groups is 1. The van der Waals surface area contributed by atoms with Crippen LogP contribution in [-0.4, -0.2) is 55.2 Å². The van der Waals surface area contributed by atoms with Crippen LogP contribution >= 0.6 is 11.3 Å². The van der Waals surface area contributed by atoms with Crippen LogP contribution < -0.4 is 5.32 Å². The third-order valence-electron chi connectivity index (χ3n) is 7.14. The molecule has 0 bridgehead atoms. The van der Waals surface area contributed by atoms with Crippen LogP contribution in [-0.2, 0) is 27.8 Å². The minimum atomic E-state index is -3.52. The molecule has 1 aliphatic heterocycles. The number of carbonyl (C=O) groups excluding carboxylic acids is 1. The Hall–Kier alpha value is -1.81. The average Bonchev–Trinajstić information content (AvgIpc) is 3.47. The van der Waals surface area contributed by atoms with Crippen molar-refractivity contribution in [2.24, 2.45) is 5.92 Å². The second-order valence-electron chi connectivity index (χ2n) is 9.46. The van der Waals surface area contributed by atoms with E-state index in [2.05, 4.69) is 17.3 Å². The van der Waals surface area contributed by atoms with Gasteiger partial charge in [0.05, 0.1) is 16.5 Å². The van der Waals surface area contributed by atoms with E-state index >= 15 is 0 Å². The van der Waals surface area contributed by atoms with Crippen LogP contribution in [0.1, 0.15) is 68.0 Å². The normalized spacial score (nSPS) is 18.2. The lowest BCUT2D eigenvalue weighted by molar-refractivity contribution is -0.118. The lowest BCUT2D eigenvalue weighted by atomic mass is 9.87. The number of amides is 1. The average molecular weight is 505 g/mol. The maximum Gasteiger partial charge on any atom is 0.243 e. The molecule has 1 fully saturated rings. The largest absolute Gasteiger partial charge is 0.301 e. The van der Waals surface area contributed by atoms with Crippen LogP contribution in [0, 0.1) is 5.92 Å². The summed E-state index contributed by atoms with van der Waals surface area (Å²) in [4.78, 5) is 21.9. The molecule has 34 heavy (non-hydrogen) atoms. The highest BCUT2D eigenvalue weighted by molar-refractivity contribution is 7.89. The highest BCUT2D eigenvalue weighted by Gasteiger charge is 2.29. The number of anilines is 1. The predicted octanol–water partition coefficient (Wildman–Crippen LogP) is 4.46. The third-order valence-corrected chi connectivity index (χ3v) is 10.2. The summed E-state index contributed by atoms with van der Waals surface area (Å²) in [6.07, 6.45) is 6.42. The standard InChI is InChI=1S/C25H36N4O3S2/c1-4-29(5-2)34(31,32)20-12-10-19(11-13-20)21(16-18-8-6-7-9-18)24(30)27-25-26-22-14-15-28(3)17-23(22)33-25/h10-13,18,21H,4-9,14-17H2,1-3H3,(H,26,27,30)/t21-/m1/s1. The maximum absolute atomic E-state index is 13.5. The zero-order valence-corrected chi connectivity index (χ0v) is 22.1. The number of thiazole rings is 1. The second-order valence-corrected chi connectivity index (χ2v) is 12.5. The first kappa shape index (κ1) is 25.3. The van der Waals surface area contributed by atoms with Gasteiger partial charge < -0.3 is 10.2 Å². The summed E-state index contributed by atoms with van der Waals surface area (Å²) < 4.78 is 27.2. The van der Waals surface area contributed by atoms with Crippen molar-refractivity contribution in [1.82, 2.24) is 14.2 Å². The molecule has 4 rings (SSSR count). The molecular formula is C25H36N4O3S2. The molecule has 1 saturated carbocycles.